The molecule has 0 amide bonds. The minimum absolute atomic E-state index is 0.569. The maximum atomic E-state index is 4.40. The first kappa shape index (κ1) is 8.45. The van der Waals surface area contributed by atoms with E-state index in [4.69, 9.17) is 0 Å². The van der Waals surface area contributed by atoms with E-state index in [9.17, 15) is 0 Å². The molecule has 0 aromatic rings. The fourth-order valence-corrected chi connectivity index (χ4v) is 2.06. The molecular weight excluding hydrogens is 140 g/mol. The van der Waals surface area contributed by atoms with Gasteiger partial charge in [0.05, 0.1) is 0 Å². The fourth-order valence-electron chi connectivity index (χ4n) is 1.74. The molecule has 0 radical (unpaired) electrons. The zero-order chi connectivity index (χ0) is 7.45. The van der Waals surface area contributed by atoms with Crippen molar-refractivity contribution in [2.24, 2.45) is 5.41 Å². The average molecular weight is 158 g/mol. The Balaban J connectivity index is 2.41. The molecule has 0 aromatic carbocycles. The zero-order valence-corrected chi connectivity index (χ0v) is 7.79. The van der Waals surface area contributed by atoms with Crippen LogP contribution in [-0.2, 0) is 0 Å². The minimum atomic E-state index is 0.569. The van der Waals surface area contributed by atoms with Crippen LogP contribution >= 0.6 is 12.6 Å². The molecule has 1 aliphatic rings. The molecule has 1 heteroatoms. The van der Waals surface area contributed by atoms with Crippen LogP contribution in [0.1, 0.15) is 45.4 Å². The van der Waals surface area contributed by atoms with Crippen LogP contribution < -0.4 is 0 Å². The summed E-state index contributed by atoms with van der Waals surface area (Å²) in [6, 6.07) is 0. The van der Waals surface area contributed by atoms with E-state index in [1.54, 1.807) is 0 Å². The van der Waals surface area contributed by atoms with E-state index in [0.29, 0.717) is 5.41 Å². The van der Waals surface area contributed by atoms with Gasteiger partial charge in [0.15, 0.2) is 0 Å². The molecule has 0 atom stereocenters. The van der Waals surface area contributed by atoms with Crippen LogP contribution in [0, 0.1) is 5.41 Å². The third-order valence-corrected chi connectivity index (χ3v) is 3.46. The van der Waals surface area contributed by atoms with E-state index in [1.807, 2.05) is 0 Å². The molecule has 1 rings (SSSR count). The first-order chi connectivity index (χ1) is 4.77. The first-order valence-electron chi connectivity index (χ1n) is 4.38. The molecular formula is C9H18S. The first-order valence-corrected chi connectivity index (χ1v) is 5.01. The highest BCUT2D eigenvalue weighted by atomic mass is 32.1. The molecule has 10 heavy (non-hydrogen) atoms. The van der Waals surface area contributed by atoms with Crippen LogP contribution in [0.2, 0.25) is 0 Å². The fraction of sp³-hybridized carbons (Fsp3) is 1.00. The standard InChI is InChI=1S/C9H18S/c1-9(8-10)6-4-2-3-5-7-9/h10H,2-8H2,1H3. The summed E-state index contributed by atoms with van der Waals surface area (Å²) in [6.45, 7) is 2.38. The Labute approximate surface area is 69.8 Å². The molecule has 0 heterocycles. The van der Waals surface area contributed by atoms with Crippen LogP contribution in [0.4, 0.5) is 0 Å². The van der Waals surface area contributed by atoms with E-state index in [1.165, 1.54) is 38.5 Å². The van der Waals surface area contributed by atoms with Crippen LogP contribution in [0.25, 0.3) is 0 Å². The second kappa shape index (κ2) is 3.66. The van der Waals surface area contributed by atoms with Gasteiger partial charge < -0.3 is 0 Å². The van der Waals surface area contributed by atoms with Gasteiger partial charge in [-0.2, -0.15) is 12.6 Å². The van der Waals surface area contributed by atoms with Crippen molar-refractivity contribution in [3.05, 3.63) is 0 Å². The lowest BCUT2D eigenvalue weighted by Gasteiger charge is -2.25. The van der Waals surface area contributed by atoms with Gasteiger partial charge in [-0.1, -0.05) is 32.6 Å². The summed E-state index contributed by atoms with van der Waals surface area (Å²) in [5.41, 5.74) is 0.569. The summed E-state index contributed by atoms with van der Waals surface area (Å²) in [6.07, 6.45) is 8.55. The third-order valence-electron chi connectivity index (χ3n) is 2.69. The molecule has 60 valence electrons. The Bertz CT molecular complexity index is 90.9. The molecule has 0 spiro atoms. The molecule has 0 saturated heterocycles. The van der Waals surface area contributed by atoms with Crippen molar-refractivity contribution >= 4 is 12.6 Å². The Kier molecular flexibility index (Phi) is 3.09. The monoisotopic (exact) mass is 158 g/mol. The second-order valence-electron chi connectivity index (χ2n) is 3.88. The summed E-state index contributed by atoms with van der Waals surface area (Å²) < 4.78 is 0. The van der Waals surface area contributed by atoms with E-state index in [2.05, 4.69) is 19.6 Å². The highest BCUT2D eigenvalue weighted by molar-refractivity contribution is 7.80. The summed E-state index contributed by atoms with van der Waals surface area (Å²) >= 11 is 4.40. The SMILES string of the molecule is CC1(CS)CCCCCC1. The van der Waals surface area contributed by atoms with Gasteiger partial charge in [-0.3, -0.25) is 0 Å². The smallest absolute Gasteiger partial charge is 0.00438 e. The number of thiol groups is 1. The van der Waals surface area contributed by atoms with Crippen molar-refractivity contribution < 1.29 is 0 Å². The molecule has 0 unspecified atom stereocenters. The quantitative estimate of drug-likeness (QED) is 0.439. The van der Waals surface area contributed by atoms with E-state index in [-0.39, 0.29) is 0 Å². The Hall–Kier alpha value is 0.350. The summed E-state index contributed by atoms with van der Waals surface area (Å²) in [7, 11) is 0. The minimum Gasteiger partial charge on any atom is -0.179 e. The van der Waals surface area contributed by atoms with E-state index in [0.717, 1.165) is 5.75 Å². The Morgan fingerprint density at radius 3 is 2.00 bits per heavy atom. The van der Waals surface area contributed by atoms with Crippen molar-refractivity contribution in [1.82, 2.24) is 0 Å². The van der Waals surface area contributed by atoms with Crippen LogP contribution in [0.3, 0.4) is 0 Å². The van der Waals surface area contributed by atoms with Gasteiger partial charge >= 0.3 is 0 Å². The third kappa shape index (κ3) is 2.19. The number of rotatable bonds is 1. The van der Waals surface area contributed by atoms with Crippen molar-refractivity contribution in [1.29, 1.82) is 0 Å². The molecule has 0 N–H and O–H groups in total. The number of hydrogen-bond donors (Lipinski definition) is 1. The highest BCUT2D eigenvalue weighted by Crippen LogP contribution is 2.34. The molecule has 1 saturated carbocycles. The van der Waals surface area contributed by atoms with Gasteiger partial charge in [-0.05, 0) is 24.0 Å². The summed E-state index contributed by atoms with van der Waals surface area (Å²) in [5, 5.41) is 0. The normalized spacial score (nSPS) is 25.8. The second-order valence-corrected chi connectivity index (χ2v) is 4.20. The van der Waals surface area contributed by atoms with E-state index >= 15 is 0 Å². The molecule has 0 aromatic heterocycles. The Morgan fingerprint density at radius 1 is 1.10 bits per heavy atom. The van der Waals surface area contributed by atoms with Crippen molar-refractivity contribution in [2.45, 2.75) is 45.4 Å². The topological polar surface area (TPSA) is 0 Å². The summed E-state index contributed by atoms with van der Waals surface area (Å²) in [4.78, 5) is 0. The Morgan fingerprint density at radius 2 is 1.60 bits per heavy atom. The summed E-state index contributed by atoms with van der Waals surface area (Å²) in [5.74, 6) is 1.08. The van der Waals surface area contributed by atoms with Gasteiger partial charge in [0, 0.05) is 0 Å². The maximum absolute atomic E-state index is 4.40. The van der Waals surface area contributed by atoms with Gasteiger partial charge in [0.1, 0.15) is 0 Å². The van der Waals surface area contributed by atoms with Crippen molar-refractivity contribution in [2.75, 3.05) is 5.75 Å². The lowest BCUT2D eigenvalue weighted by atomic mass is 9.85. The predicted octanol–water partition coefficient (Wildman–Crippen LogP) is 3.28. The molecule has 1 fully saturated rings. The van der Waals surface area contributed by atoms with Gasteiger partial charge in [-0.25, -0.2) is 0 Å². The maximum Gasteiger partial charge on any atom is -0.00438 e. The zero-order valence-electron chi connectivity index (χ0n) is 6.90. The average Bonchev–Trinajstić information content (AvgIpc) is 2.15. The number of hydrogen-bond acceptors (Lipinski definition) is 1. The van der Waals surface area contributed by atoms with E-state index < -0.39 is 0 Å². The molecule has 0 nitrogen and oxygen atoms in total. The highest BCUT2D eigenvalue weighted by Gasteiger charge is 2.23. The van der Waals surface area contributed by atoms with Gasteiger partial charge in [0.2, 0.25) is 0 Å². The van der Waals surface area contributed by atoms with Gasteiger partial charge in [0.25, 0.3) is 0 Å². The van der Waals surface area contributed by atoms with Crippen LogP contribution in [0.5, 0.6) is 0 Å². The van der Waals surface area contributed by atoms with Gasteiger partial charge in [-0.15, -0.1) is 0 Å². The molecule has 0 aliphatic heterocycles. The predicted molar refractivity (Wildman–Crippen MR) is 49.7 cm³/mol. The van der Waals surface area contributed by atoms with Crippen LogP contribution in [0.15, 0.2) is 0 Å². The lowest BCUT2D eigenvalue weighted by molar-refractivity contribution is 0.324. The largest absolute Gasteiger partial charge is 0.179 e. The van der Waals surface area contributed by atoms with Crippen molar-refractivity contribution in [3.63, 3.8) is 0 Å². The lowest BCUT2D eigenvalue weighted by Crippen LogP contribution is -2.16. The molecule has 0 bridgehead atoms. The molecule has 1 aliphatic carbocycles. The van der Waals surface area contributed by atoms with Crippen LogP contribution in [-0.4, -0.2) is 5.75 Å². The van der Waals surface area contributed by atoms with Crippen molar-refractivity contribution in [3.8, 4) is 0 Å².